The Kier molecular flexibility index (Phi) is 8.58. The Labute approximate surface area is 197 Å². The number of para-hydroxylation sites is 1. The zero-order valence-electron chi connectivity index (χ0n) is 18.8. The molecule has 2 fully saturated rings. The number of aromatic nitrogens is 1. The van der Waals surface area contributed by atoms with E-state index in [2.05, 4.69) is 26.9 Å². The number of nitrogen functional groups attached to an aromatic ring is 1. The van der Waals surface area contributed by atoms with E-state index in [-0.39, 0.29) is 25.0 Å². The molecular formula is C24H30N4O6. The summed E-state index contributed by atoms with van der Waals surface area (Å²) in [5.41, 5.74) is 7.95. The van der Waals surface area contributed by atoms with Crippen LogP contribution in [0.15, 0.2) is 53.1 Å². The van der Waals surface area contributed by atoms with Crippen LogP contribution in [0.25, 0.3) is 11.0 Å². The number of hydrogen-bond acceptors (Lipinski definition) is 8. The SMILES string of the molecule is Nc1ncccc1CN1CC2CN(Cc3cc4ccccc4o3)CC2(CO)C1.O=CO.O=CO. The number of aliphatic hydroxyl groups excluding tert-OH is 1. The highest BCUT2D eigenvalue weighted by molar-refractivity contribution is 5.77. The van der Waals surface area contributed by atoms with Crippen LogP contribution in [-0.4, -0.2) is 75.8 Å². The quantitative estimate of drug-likeness (QED) is 0.405. The summed E-state index contributed by atoms with van der Waals surface area (Å²) >= 11 is 0. The Morgan fingerprint density at radius 3 is 2.29 bits per heavy atom. The number of anilines is 1. The Morgan fingerprint density at radius 1 is 1.06 bits per heavy atom. The first-order valence-corrected chi connectivity index (χ1v) is 10.9. The van der Waals surface area contributed by atoms with Gasteiger partial charge in [-0.05, 0) is 24.1 Å². The smallest absolute Gasteiger partial charge is 0.290 e. The summed E-state index contributed by atoms with van der Waals surface area (Å²) in [5, 5.41) is 25.2. The van der Waals surface area contributed by atoms with Crippen molar-refractivity contribution in [3.63, 3.8) is 0 Å². The van der Waals surface area contributed by atoms with Gasteiger partial charge in [-0.15, -0.1) is 0 Å². The minimum absolute atomic E-state index is 0.0665. The second-order valence-electron chi connectivity index (χ2n) is 8.57. The third kappa shape index (κ3) is 5.71. The van der Waals surface area contributed by atoms with Crippen molar-refractivity contribution in [1.29, 1.82) is 0 Å². The summed E-state index contributed by atoms with van der Waals surface area (Å²) in [6, 6.07) is 14.2. The minimum Gasteiger partial charge on any atom is -0.483 e. The van der Waals surface area contributed by atoms with E-state index in [1.807, 2.05) is 30.3 Å². The van der Waals surface area contributed by atoms with Crippen molar-refractivity contribution in [3.8, 4) is 0 Å². The van der Waals surface area contributed by atoms with E-state index >= 15 is 0 Å². The lowest BCUT2D eigenvalue weighted by molar-refractivity contribution is -0.123. The van der Waals surface area contributed by atoms with Gasteiger partial charge in [0.1, 0.15) is 17.2 Å². The summed E-state index contributed by atoms with van der Waals surface area (Å²) in [4.78, 5) is 25.7. The number of carboxylic acid groups (broad SMARTS) is 2. The van der Waals surface area contributed by atoms with Crippen molar-refractivity contribution in [2.45, 2.75) is 13.1 Å². The summed E-state index contributed by atoms with van der Waals surface area (Å²) in [7, 11) is 0. The van der Waals surface area contributed by atoms with Crippen molar-refractivity contribution < 1.29 is 29.3 Å². The first-order valence-electron chi connectivity index (χ1n) is 10.9. The van der Waals surface area contributed by atoms with Crippen LogP contribution >= 0.6 is 0 Å². The standard InChI is InChI=1S/C22H26N4O2.2CH2O2/c23-21-17(5-3-7-24-21)9-25-10-18-11-26(14-22(18,13-25)15-27)12-19-8-16-4-1-2-6-20(16)28-19;2*2-1-3/h1-8,18,27H,9-15H2,(H2,23,24);2*1H,(H,2,3). The van der Waals surface area contributed by atoms with E-state index in [0.29, 0.717) is 11.7 Å². The fourth-order valence-corrected chi connectivity index (χ4v) is 5.03. The van der Waals surface area contributed by atoms with Crippen LogP contribution in [0.5, 0.6) is 0 Å². The first-order chi connectivity index (χ1) is 16.5. The van der Waals surface area contributed by atoms with Gasteiger partial charge in [0.25, 0.3) is 12.9 Å². The highest BCUT2D eigenvalue weighted by Gasteiger charge is 2.51. The molecule has 0 radical (unpaired) electrons. The fourth-order valence-electron chi connectivity index (χ4n) is 5.03. The molecule has 10 heteroatoms. The second-order valence-corrected chi connectivity index (χ2v) is 8.57. The Bertz CT molecular complexity index is 1050. The van der Waals surface area contributed by atoms with Crippen LogP contribution in [0.3, 0.4) is 0 Å². The third-order valence-corrected chi connectivity index (χ3v) is 6.39. The molecule has 0 amide bonds. The molecule has 5 rings (SSSR count). The van der Waals surface area contributed by atoms with Crippen LogP contribution in [-0.2, 0) is 22.7 Å². The number of fused-ring (bicyclic) bond motifs is 2. The zero-order chi connectivity index (χ0) is 24.6. The monoisotopic (exact) mass is 470 g/mol. The normalized spacial score (nSPS) is 21.7. The van der Waals surface area contributed by atoms with E-state index in [1.54, 1.807) is 6.20 Å². The van der Waals surface area contributed by atoms with Gasteiger partial charge >= 0.3 is 0 Å². The Balaban J connectivity index is 0.000000492. The maximum Gasteiger partial charge on any atom is 0.290 e. The van der Waals surface area contributed by atoms with Gasteiger partial charge in [0.15, 0.2) is 0 Å². The van der Waals surface area contributed by atoms with Gasteiger partial charge in [-0.25, -0.2) is 4.98 Å². The van der Waals surface area contributed by atoms with Crippen LogP contribution < -0.4 is 5.73 Å². The molecule has 5 N–H and O–H groups in total. The van der Waals surface area contributed by atoms with Gasteiger partial charge in [-0.2, -0.15) is 0 Å². The van der Waals surface area contributed by atoms with Gasteiger partial charge in [0.2, 0.25) is 0 Å². The van der Waals surface area contributed by atoms with Crippen LogP contribution in [0.2, 0.25) is 0 Å². The average Bonchev–Trinajstić information content (AvgIpc) is 3.46. The molecule has 2 aliphatic rings. The molecule has 0 saturated carbocycles. The number of furan rings is 1. The largest absolute Gasteiger partial charge is 0.483 e. The van der Waals surface area contributed by atoms with Crippen molar-refractivity contribution in [3.05, 3.63) is 60.0 Å². The summed E-state index contributed by atoms with van der Waals surface area (Å²) < 4.78 is 6.00. The number of nitrogens with zero attached hydrogens (tertiary/aromatic N) is 3. The maximum atomic E-state index is 10.2. The van der Waals surface area contributed by atoms with Crippen molar-refractivity contribution in [1.82, 2.24) is 14.8 Å². The van der Waals surface area contributed by atoms with E-state index in [4.69, 9.17) is 30.0 Å². The number of nitrogens with two attached hydrogens (primary N) is 1. The van der Waals surface area contributed by atoms with Gasteiger partial charge in [-0.1, -0.05) is 24.3 Å². The molecule has 2 aliphatic heterocycles. The molecule has 2 aromatic heterocycles. The van der Waals surface area contributed by atoms with Crippen molar-refractivity contribution >= 4 is 29.7 Å². The number of benzene rings is 1. The number of rotatable bonds is 5. The van der Waals surface area contributed by atoms with E-state index in [1.165, 1.54) is 0 Å². The molecule has 0 bridgehead atoms. The fraction of sp³-hybridized carbons (Fsp3) is 0.375. The van der Waals surface area contributed by atoms with E-state index < -0.39 is 0 Å². The maximum absolute atomic E-state index is 10.2. The molecule has 3 aromatic rings. The number of aliphatic hydroxyl groups is 1. The molecule has 4 heterocycles. The molecule has 10 nitrogen and oxygen atoms in total. The van der Waals surface area contributed by atoms with Crippen molar-refractivity contribution in [2.75, 3.05) is 38.5 Å². The molecule has 2 saturated heterocycles. The summed E-state index contributed by atoms with van der Waals surface area (Å²) in [6.07, 6.45) is 1.72. The van der Waals surface area contributed by atoms with Gasteiger partial charge < -0.3 is 25.5 Å². The van der Waals surface area contributed by atoms with Gasteiger partial charge in [-0.3, -0.25) is 19.4 Å². The van der Waals surface area contributed by atoms with Gasteiger partial charge in [0.05, 0.1) is 13.2 Å². The van der Waals surface area contributed by atoms with E-state index in [0.717, 1.165) is 61.6 Å². The number of hydrogen-bond donors (Lipinski definition) is 4. The topological polar surface area (TPSA) is 153 Å². The predicted octanol–water partition coefficient (Wildman–Crippen LogP) is 1.74. The first kappa shape index (κ1) is 25.2. The molecular weight excluding hydrogens is 440 g/mol. The number of pyridine rings is 1. The summed E-state index contributed by atoms with van der Waals surface area (Å²) in [6.45, 7) is 5.04. The van der Waals surface area contributed by atoms with Gasteiger partial charge in [0, 0.05) is 55.3 Å². The van der Waals surface area contributed by atoms with Crippen molar-refractivity contribution in [2.24, 2.45) is 11.3 Å². The summed E-state index contributed by atoms with van der Waals surface area (Å²) in [5.74, 6) is 2.05. The molecule has 2 unspecified atom stereocenters. The highest BCUT2D eigenvalue weighted by Crippen LogP contribution is 2.43. The lowest BCUT2D eigenvalue weighted by Gasteiger charge is -2.27. The lowest BCUT2D eigenvalue weighted by Crippen LogP contribution is -2.36. The molecule has 182 valence electrons. The molecule has 34 heavy (non-hydrogen) atoms. The molecule has 1 aromatic carbocycles. The van der Waals surface area contributed by atoms with Crippen LogP contribution in [0, 0.1) is 11.3 Å². The molecule has 0 aliphatic carbocycles. The third-order valence-electron chi connectivity index (χ3n) is 6.39. The Hall–Kier alpha value is -3.47. The lowest BCUT2D eigenvalue weighted by atomic mass is 9.82. The zero-order valence-corrected chi connectivity index (χ0v) is 18.8. The number of likely N-dealkylation sites (tertiary alicyclic amines) is 2. The second kappa shape index (κ2) is 11.6. The minimum atomic E-state index is -0.250. The Morgan fingerprint density at radius 2 is 1.71 bits per heavy atom. The highest BCUT2D eigenvalue weighted by atomic mass is 16.4. The number of carbonyl (C=O) groups is 2. The van der Waals surface area contributed by atoms with Crippen LogP contribution in [0.4, 0.5) is 5.82 Å². The van der Waals surface area contributed by atoms with E-state index in [9.17, 15) is 5.11 Å². The predicted molar refractivity (Wildman–Crippen MR) is 126 cm³/mol. The van der Waals surface area contributed by atoms with Crippen LogP contribution in [0.1, 0.15) is 11.3 Å². The molecule has 2 atom stereocenters. The average molecular weight is 471 g/mol. The molecule has 0 spiro atoms.